The number of nitro groups is 1. The van der Waals surface area contributed by atoms with Gasteiger partial charge in [-0.2, -0.15) is 0 Å². The molecule has 1 amide bonds. The summed E-state index contributed by atoms with van der Waals surface area (Å²) >= 11 is 0. The van der Waals surface area contributed by atoms with Gasteiger partial charge in [-0.15, -0.1) is 0 Å². The Kier molecular flexibility index (Phi) is 3.20. The molecule has 2 rings (SSSR count). The van der Waals surface area contributed by atoms with Gasteiger partial charge in [0.2, 0.25) is 0 Å². The van der Waals surface area contributed by atoms with E-state index >= 15 is 0 Å². The average Bonchev–Trinajstić information content (AvgIpc) is 2.25. The lowest BCUT2D eigenvalue weighted by molar-refractivity contribution is -0.385. The van der Waals surface area contributed by atoms with Crippen LogP contribution < -0.4 is 0 Å². The lowest BCUT2D eigenvalue weighted by Gasteiger charge is -2.36. The highest BCUT2D eigenvalue weighted by Crippen LogP contribution is 2.25. The highest BCUT2D eigenvalue weighted by atomic mass is 16.6. The molecule has 0 aliphatic carbocycles. The number of nitro benzene ring substituents is 1. The molecule has 1 aliphatic heterocycles. The quantitative estimate of drug-likeness (QED) is 0.649. The Morgan fingerprint density at radius 1 is 1.42 bits per heavy atom. The van der Waals surface area contributed by atoms with Crippen LogP contribution in [0.4, 0.5) is 5.69 Å². The van der Waals surface area contributed by atoms with E-state index in [1.165, 1.54) is 17.0 Å². The van der Waals surface area contributed by atoms with E-state index in [1.54, 1.807) is 13.0 Å². The predicted octanol–water partition coefficient (Wildman–Crippen LogP) is 1.06. The van der Waals surface area contributed by atoms with Crippen LogP contribution in [0.25, 0.3) is 0 Å². The summed E-state index contributed by atoms with van der Waals surface area (Å²) in [4.78, 5) is 34.3. The SMILES string of the molecule is Cc1ccc([N+](=O)[O-])c(C(=O)N2CC(C(=O)O)C2)c1. The third-order valence-corrected chi connectivity index (χ3v) is 3.10. The van der Waals surface area contributed by atoms with Crippen molar-refractivity contribution in [1.82, 2.24) is 4.90 Å². The van der Waals surface area contributed by atoms with Gasteiger partial charge in [-0.25, -0.2) is 0 Å². The third-order valence-electron chi connectivity index (χ3n) is 3.10. The van der Waals surface area contributed by atoms with Gasteiger partial charge in [-0.1, -0.05) is 6.07 Å². The van der Waals surface area contributed by atoms with Crippen LogP contribution in [0.3, 0.4) is 0 Å². The maximum Gasteiger partial charge on any atom is 0.310 e. The van der Waals surface area contributed by atoms with Crippen molar-refractivity contribution in [3.63, 3.8) is 0 Å². The largest absolute Gasteiger partial charge is 0.481 e. The van der Waals surface area contributed by atoms with Gasteiger partial charge in [-0.05, 0) is 18.6 Å². The molecule has 0 atom stereocenters. The summed E-state index contributed by atoms with van der Waals surface area (Å²) in [6, 6.07) is 4.30. The second-order valence-electron chi connectivity index (χ2n) is 4.52. The Labute approximate surface area is 108 Å². The van der Waals surface area contributed by atoms with Gasteiger partial charge in [0.05, 0.1) is 10.8 Å². The number of carbonyl (C=O) groups is 2. The fourth-order valence-electron chi connectivity index (χ4n) is 1.95. The van der Waals surface area contributed by atoms with Crippen LogP contribution in [0.5, 0.6) is 0 Å². The van der Waals surface area contributed by atoms with Crippen molar-refractivity contribution in [2.24, 2.45) is 5.92 Å². The van der Waals surface area contributed by atoms with Gasteiger partial charge in [0, 0.05) is 19.2 Å². The van der Waals surface area contributed by atoms with Gasteiger partial charge < -0.3 is 10.0 Å². The van der Waals surface area contributed by atoms with Crippen LogP contribution >= 0.6 is 0 Å². The first-order valence-electron chi connectivity index (χ1n) is 5.67. The molecule has 0 aromatic heterocycles. The Hall–Kier alpha value is -2.44. The number of benzene rings is 1. The summed E-state index contributed by atoms with van der Waals surface area (Å²) in [6.07, 6.45) is 0. The highest BCUT2D eigenvalue weighted by molar-refractivity contribution is 5.99. The Morgan fingerprint density at radius 3 is 2.58 bits per heavy atom. The van der Waals surface area contributed by atoms with Gasteiger partial charge in [0.25, 0.3) is 11.6 Å². The smallest absolute Gasteiger partial charge is 0.310 e. The van der Waals surface area contributed by atoms with Crippen molar-refractivity contribution in [1.29, 1.82) is 0 Å². The number of aryl methyl sites for hydroxylation is 1. The minimum atomic E-state index is -0.956. The Morgan fingerprint density at radius 2 is 2.05 bits per heavy atom. The van der Waals surface area contributed by atoms with Crippen LogP contribution in [-0.2, 0) is 4.79 Å². The molecule has 100 valence electrons. The predicted molar refractivity (Wildman–Crippen MR) is 64.9 cm³/mol. The van der Waals surface area contributed by atoms with Gasteiger partial charge >= 0.3 is 5.97 Å². The zero-order chi connectivity index (χ0) is 14.2. The molecule has 0 bridgehead atoms. The molecule has 7 heteroatoms. The first-order chi connectivity index (χ1) is 8.90. The maximum absolute atomic E-state index is 12.1. The summed E-state index contributed by atoms with van der Waals surface area (Å²) in [5.41, 5.74) is 0.493. The van der Waals surface area contributed by atoms with Crippen molar-refractivity contribution >= 4 is 17.6 Å². The summed E-state index contributed by atoms with van der Waals surface area (Å²) in [6.45, 7) is 1.93. The second kappa shape index (κ2) is 4.68. The number of carboxylic acid groups (broad SMARTS) is 1. The lowest BCUT2D eigenvalue weighted by Crippen LogP contribution is -2.53. The van der Waals surface area contributed by atoms with Crippen LogP contribution in [0.15, 0.2) is 18.2 Å². The molecule has 19 heavy (non-hydrogen) atoms. The molecule has 1 aliphatic rings. The van der Waals surface area contributed by atoms with E-state index in [2.05, 4.69) is 0 Å². The summed E-state index contributed by atoms with van der Waals surface area (Å²) in [7, 11) is 0. The third kappa shape index (κ3) is 2.40. The number of hydrogen-bond acceptors (Lipinski definition) is 4. The molecule has 1 fully saturated rings. The molecule has 0 saturated carbocycles. The fourth-order valence-corrected chi connectivity index (χ4v) is 1.95. The van der Waals surface area contributed by atoms with Crippen molar-refractivity contribution in [2.75, 3.05) is 13.1 Å². The Bertz CT molecular complexity index is 563. The van der Waals surface area contributed by atoms with E-state index in [1.807, 2.05) is 0 Å². The molecular weight excluding hydrogens is 252 g/mol. The van der Waals surface area contributed by atoms with Crippen molar-refractivity contribution in [3.8, 4) is 0 Å². The normalized spacial score (nSPS) is 14.9. The lowest BCUT2D eigenvalue weighted by atomic mass is 9.98. The molecule has 1 aromatic carbocycles. The zero-order valence-corrected chi connectivity index (χ0v) is 10.2. The minimum absolute atomic E-state index is 0.00818. The zero-order valence-electron chi connectivity index (χ0n) is 10.2. The van der Waals surface area contributed by atoms with E-state index in [0.29, 0.717) is 0 Å². The number of aliphatic carboxylic acids is 1. The van der Waals surface area contributed by atoms with Crippen molar-refractivity contribution in [3.05, 3.63) is 39.4 Å². The number of nitrogens with zero attached hydrogens (tertiary/aromatic N) is 2. The average molecular weight is 264 g/mol. The second-order valence-corrected chi connectivity index (χ2v) is 4.52. The van der Waals surface area contributed by atoms with Gasteiger partial charge in [0.1, 0.15) is 5.56 Å². The Balaban J connectivity index is 2.23. The molecular formula is C12H12N2O5. The van der Waals surface area contributed by atoms with E-state index in [0.717, 1.165) is 5.56 Å². The summed E-state index contributed by atoms with van der Waals surface area (Å²) < 4.78 is 0. The number of amides is 1. The van der Waals surface area contributed by atoms with E-state index in [4.69, 9.17) is 5.11 Å². The molecule has 0 unspecified atom stereocenters. The molecule has 1 aromatic rings. The maximum atomic E-state index is 12.1. The van der Waals surface area contributed by atoms with E-state index in [-0.39, 0.29) is 24.3 Å². The number of carbonyl (C=O) groups excluding carboxylic acids is 1. The topological polar surface area (TPSA) is 101 Å². The number of carboxylic acids is 1. The first kappa shape index (κ1) is 13.0. The van der Waals surface area contributed by atoms with Crippen molar-refractivity contribution < 1.29 is 19.6 Å². The first-order valence-corrected chi connectivity index (χ1v) is 5.67. The molecule has 0 spiro atoms. The van der Waals surface area contributed by atoms with E-state index in [9.17, 15) is 19.7 Å². The molecule has 0 radical (unpaired) electrons. The van der Waals surface area contributed by atoms with Crippen LogP contribution in [0, 0.1) is 23.0 Å². The number of likely N-dealkylation sites (tertiary alicyclic amines) is 1. The highest BCUT2D eigenvalue weighted by Gasteiger charge is 2.37. The molecule has 1 N–H and O–H groups in total. The molecule has 1 heterocycles. The van der Waals surface area contributed by atoms with E-state index < -0.39 is 22.7 Å². The number of hydrogen-bond donors (Lipinski definition) is 1. The number of rotatable bonds is 3. The van der Waals surface area contributed by atoms with Gasteiger partial charge in [-0.3, -0.25) is 19.7 Å². The summed E-state index contributed by atoms with van der Waals surface area (Å²) in [5.74, 6) is -2.02. The van der Waals surface area contributed by atoms with Crippen LogP contribution in [0.1, 0.15) is 15.9 Å². The molecule has 1 saturated heterocycles. The van der Waals surface area contributed by atoms with Crippen molar-refractivity contribution in [2.45, 2.75) is 6.92 Å². The molecule has 7 nitrogen and oxygen atoms in total. The van der Waals surface area contributed by atoms with Crippen LogP contribution in [0.2, 0.25) is 0 Å². The minimum Gasteiger partial charge on any atom is -0.481 e. The monoisotopic (exact) mass is 264 g/mol. The van der Waals surface area contributed by atoms with Gasteiger partial charge in [0.15, 0.2) is 0 Å². The van der Waals surface area contributed by atoms with Crippen LogP contribution in [-0.4, -0.2) is 39.9 Å². The summed E-state index contributed by atoms with van der Waals surface area (Å²) in [5, 5.41) is 19.6. The fraction of sp³-hybridized carbons (Fsp3) is 0.333. The standard InChI is InChI=1S/C12H12N2O5/c1-7-2-3-10(14(18)19)9(4-7)11(15)13-5-8(6-13)12(16)17/h2-4,8H,5-6H2,1H3,(H,16,17).